The van der Waals surface area contributed by atoms with Gasteiger partial charge >= 0.3 is 11.9 Å². The number of aromatic nitrogens is 2. The number of carbonyl (C=O) groups is 3. The van der Waals surface area contributed by atoms with Gasteiger partial charge in [0.05, 0.1) is 13.2 Å². The van der Waals surface area contributed by atoms with Crippen molar-refractivity contribution in [2.24, 2.45) is 0 Å². The molecule has 2 heterocycles. The number of nitrogens with zero attached hydrogens (tertiary/aromatic N) is 2. The van der Waals surface area contributed by atoms with Crippen LogP contribution in [0.1, 0.15) is 23.2 Å². The number of hydrogen-bond donors (Lipinski definition) is 7. The number of hydrogen-bond acceptors (Lipinski definition) is 10. The fraction of sp³-hybridized carbons (Fsp3) is 0.350. The van der Waals surface area contributed by atoms with E-state index in [0.717, 1.165) is 0 Å². The quantitative estimate of drug-likeness (QED) is 0.235. The van der Waals surface area contributed by atoms with Crippen LogP contribution in [0, 0.1) is 0 Å². The lowest BCUT2D eigenvalue weighted by atomic mass is 10.1. The maximum atomic E-state index is 12.4. The Balaban J connectivity index is 1.61. The predicted molar refractivity (Wildman–Crippen MR) is 122 cm³/mol. The van der Waals surface area contributed by atoms with E-state index >= 15 is 0 Å². The maximum Gasteiger partial charge on any atom is 0.326 e. The van der Waals surface area contributed by atoms with Gasteiger partial charge in [0.25, 0.3) is 11.5 Å². The predicted octanol–water partition coefficient (Wildman–Crippen LogP) is -0.326. The second kappa shape index (κ2) is 10.5. The fourth-order valence-corrected chi connectivity index (χ4v) is 3.43. The van der Waals surface area contributed by atoms with E-state index in [1.54, 1.807) is 12.1 Å². The normalized spacial score (nSPS) is 15.6. The molecule has 14 nitrogen and oxygen atoms in total. The van der Waals surface area contributed by atoms with E-state index in [2.05, 4.69) is 25.9 Å². The molecule has 0 saturated carbocycles. The average Bonchev–Trinajstić information content (AvgIpc) is 2.79. The first-order valence-corrected chi connectivity index (χ1v) is 10.3. The zero-order valence-electron chi connectivity index (χ0n) is 18.2. The number of amides is 1. The summed E-state index contributed by atoms with van der Waals surface area (Å²) >= 11 is 0. The molecular weight excluding hydrogens is 450 g/mol. The number of benzene rings is 1. The molecule has 0 bridgehead atoms. The Morgan fingerprint density at radius 3 is 2.62 bits per heavy atom. The number of H-pyrrole nitrogens is 1. The van der Waals surface area contributed by atoms with Crippen molar-refractivity contribution in [3.8, 4) is 0 Å². The van der Waals surface area contributed by atoms with Crippen LogP contribution in [0.3, 0.4) is 0 Å². The van der Waals surface area contributed by atoms with Gasteiger partial charge < -0.3 is 31.9 Å². The summed E-state index contributed by atoms with van der Waals surface area (Å²) in [6.07, 6.45) is -0.607. The zero-order chi connectivity index (χ0) is 24.8. The topological polar surface area (TPSA) is 212 Å². The molecule has 1 amide bonds. The molecule has 2 unspecified atom stereocenters. The van der Waals surface area contributed by atoms with E-state index in [9.17, 15) is 24.3 Å². The number of rotatable bonds is 10. The van der Waals surface area contributed by atoms with Crippen molar-refractivity contribution in [3.63, 3.8) is 0 Å². The monoisotopic (exact) mass is 475 g/mol. The van der Waals surface area contributed by atoms with E-state index in [1.165, 1.54) is 24.3 Å². The minimum absolute atomic E-state index is 0.00966. The van der Waals surface area contributed by atoms with Gasteiger partial charge in [0, 0.05) is 30.8 Å². The summed E-state index contributed by atoms with van der Waals surface area (Å²) in [4.78, 5) is 58.5. The molecule has 0 aliphatic carbocycles. The Labute approximate surface area is 193 Å². The van der Waals surface area contributed by atoms with Crippen LogP contribution in [-0.2, 0) is 14.4 Å². The summed E-state index contributed by atoms with van der Waals surface area (Å²) in [6, 6.07) is 4.70. The molecule has 8 N–H and O–H groups in total. The minimum Gasteiger partial charge on any atom is -0.481 e. The summed E-state index contributed by atoms with van der Waals surface area (Å²) < 4.78 is 0. The summed E-state index contributed by atoms with van der Waals surface area (Å²) in [6.45, 7) is 0.781. The third-order valence-electron chi connectivity index (χ3n) is 5.11. The highest BCUT2D eigenvalue weighted by Gasteiger charge is 2.30. The van der Waals surface area contributed by atoms with E-state index < -0.39 is 29.4 Å². The van der Waals surface area contributed by atoms with Gasteiger partial charge in [-0.15, -0.1) is 0 Å². The van der Waals surface area contributed by atoms with Gasteiger partial charge in [0.2, 0.25) is 5.95 Å². The number of nitrogens with two attached hydrogens (primary N) is 1. The van der Waals surface area contributed by atoms with Gasteiger partial charge in [-0.05, 0) is 30.7 Å². The number of hydroxylamine groups is 1. The molecule has 3 rings (SSSR count). The highest BCUT2D eigenvalue weighted by molar-refractivity contribution is 5.96. The number of carboxylic acid groups (broad SMARTS) is 2. The molecule has 14 heteroatoms. The number of aromatic amines is 1. The highest BCUT2D eigenvalue weighted by atomic mass is 16.7. The van der Waals surface area contributed by atoms with Crippen molar-refractivity contribution in [2.75, 3.05) is 41.6 Å². The molecule has 0 spiro atoms. The zero-order valence-corrected chi connectivity index (χ0v) is 18.2. The summed E-state index contributed by atoms with van der Waals surface area (Å²) in [5.41, 5.74) is 6.23. The van der Waals surface area contributed by atoms with Crippen molar-refractivity contribution >= 4 is 41.0 Å². The van der Waals surface area contributed by atoms with E-state index in [4.69, 9.17) is 15.7 Å². The highest BCUT2D eigenvalue weighted by Crippen LogP contribution is 2.26. The van der Waals surface area contributed by atoms with Crippen molar-refractivity contribution in [3.05, 3.63) is 40.2 Å². The van der Waals surface area contributed by atoms with Crippen LogP contribution in [0.25, 0.3) is 0 Å². The van der Waals surface area contributed by atoms with Gasteiger partial charge in [-0.2, -0.15) is 4.98 Å². The largest absolute Gasteiger partial charge is 0.481 e. The Morgan fingerprint density at radius 1 is 1.29 bits per heavy atom. The van der Waals surface area contributed by atoms with Crippen molar-refractivity contribution in [1.82, 2.24) is 15.3 Å². The van der Waals surface area contributed by atoms with Gasteiger partial charge in [-0.3, -0.25) is 24.2 Å². The number of carbonyl (C=O) groups excluding carboxylic acids is 1. The van der Waals surface area contributed by atoms with Crippen LogP contribution >= 0.6 is 0 Å². The van der Waals surface area contributed by atoms with Gasteiger partial charge in [-0.1, -0.05) is 0 Å². The first-order valence-electron chi connectivity index (χ1n) is 10.3. The van der Waals surface area contributed by atoms with Gasteiger partial charge in [0.15, 0.2) is 11.5 Å². The molecule has 2 aromatic rings. The number of nitrogen functional groups attached to an aromatic ring is 1. The molecule has 34 heavy (non-hydrogen) atoms. The average molecular weight is 475 g/mol. The minimum atomic E-state index is -1.31. The molecule has 1 aliphatic heterocycles. The van der Waals surface area contributed by atoms with Crippen molar-refractivity contribution in [2.45, 2.75) is 24.9 Å². The van der Waals surface area contributed by atoms with Crippen molar-refractivity contribution in [1.29, 1.82) is 0 Å². The van der Waals surface area contributed by atoms with E-state index in [-0.39, 0.29) is 36.1 Å². The van der Waals surface area contributed by atoms with Crippen LogP contribution in [-0.4, -0.2) is 70.3 Å². The molecule has 0 saturated heterocycles. The molecule has 182 valence electrons. The number of fused-ring (bicyclic) bond motifs is 1. The van der Waals surface area contributed by atoms with Crippen LogP contribution in [0.5, 0.6) is 0 Å². The fourth-order valence-electron chi connectivity index (χ4n) is 3.43. The lowest BCUT2D eigenvalue weighted by Gasteiger charge is -2.35. The SMILES string of the molecule is CON1c2c(nc(N)[nH]c2=O)NCC1CNc1ccc(C(=O)NC(CCC(=O)O)C(=O)O)cc1. The molecule has 1 aliphatic rings. The number of carboxylic acids is 2. The second-order valence-corrected chi connectivity index (χ2v) is 7.45. The van der Waals surface area contributed by atoms with E-state index in [0.29, 0.717) is 24.6 Å². The maximum absolute atomic E-state index is 12.4. The van der Waals surface area contributed by atoms with E-state index in [1.807, 2.05) is 0 Å². The molecule has 1 aromatic heterocycles. The summed E-state index contributed by atoms with van der Waals surface area (Å²) in [7, 11) is 1.44. The Hall–Kier alpha value is -4.33. The molecule has 2 atom stereocenters. The lowest BCUT2D eigenvalue weighted by Crippen LogP contribution is -2.50. The summed E-state index contributed by atoms with van der Waals surface area (Å²) in [5.74, 6) is -2.78. The smallest absolute Gasteiger partial charge is 0.326 e. The third-order valence-corrected chi connectivity index (χ3v) is 5.11. The molecule has 0 radical (unpaired) electrons. The number of aliphatic carboxylic acids is 2. The Kier molecular flexibility index (Phi) is 7.53. The van der Waals surface area contributed by atoms with Gasteiger partial charge in [0.1, 0.15) is 6.04 Å². The van der Waals surface area contributed by atoms with Crippen LogP contribution in [0.4, 0.5) is 23.1 Å². The number of anilines is 4. The molecule has 0 fully saturated rings. The first-order chi connectivity index (χ1) is 16.2. The Bertz CT molecular complexity index is 1120. The van der Waals surface area contributed by atoms with Crippen LogP contribution in [0.2, 0.25) is 0 Å². The molecule has 1 aromatic carbocycles. The van der Waals surface area contributed by atoms with Crippen LogP contribution < -0.4 is 32.3 Å². The third kappa shape index (κ3) is 5.72. The molecular formula is C20H25N7O7. The summed E-state index contributed by atoms with van der Waals surface area (Å²) in [5, 5.41) is 27.9. The first kappa shape index (κ1) is 24.3. The Morgan fingerprint density at radius 2 is 2.00 bits per heavy atom. The van der Waals surface area contributed by atoms with Gasteiger partial charge in [-0.25, -0.2) is 9.86 Å². The lowest BCUT2D eigenvalue weighted by molar-refractivity contribution is -0.140. The second-order valence-electron chi connectivity index (χ2n) is 7.45. The standard InChI is InChI=1S/C20H25N7O7/c1-34-27-12(9-23-16-15(27)18(31)26-20(21)25-16)8-22-11-4-2-10(3-5-11)17(30)24-13(19(32)33)6-7-14(28)29/h2-5,12-13,22H,6-9H2,1H3,(H,24,30)(H,28,29)(H,32,33)(H4,21,23,25,26,31). The van der Waals surface area contributed by atoms with Crippen molar-refractivity contribution < 1.29 is 29.4 Å². The van der Waals surface area contributed by atoms with Crippen LogP contribution in [0.15, 0.2) is 29.1 Å². The number of nitrogens with one attached hydrogen (secondary N) is 4.